The SMILES string of the molecule is COc1cc(C)c(-c2ccc(C(=O)O)cc2O)cc1C. The molecule has 0 atom stereocenters. The predicted molar refractivity (Wildman–Crippen MR) is 76.5 cm³/mol. The molecule has 0 unspecified atom stereocenters. The molecule has 2 aromatic carbocycles. The Bertz CT molecular complexity index is 674. The number of hydrogen-bond donors (Lipinski definition) is 2. The van der Waals surface area contributed by atoms with Gasteiger partial charge in [-0.05, 0) is 60.9 Å². The molecule has 2 aromatic rings. The number of carboxylic acids is 1. The van der Waals surface area contributed by atoms with Gasteiger partial charge in [0.25, 0.3) is 0 Å². The molecule has 0 fully saturated rings. The number of ether oxygens (including phenoxy) is 1. The predicted octanol–water partition coefficient (Wildman–Crippen LogP) is 3.38. The minimum atomic E-state index is -1.06. The molecule has 0 saturated heterocycles. The molecule has 104 valence electrons. The molecular formula is C16H16O4. The summed E-state index contributed by atoms with van der Waals surface area (Å²) in [6.45, 7) is 3.84. The van der Waals surface area contributed by atoms with Gasteiger partial charge in [-0.25, -0.2) is 4.79 Å². The number of phenols is 1. The Hall–Kier alpha value is -2.49. The number of aryl methyl sites for hydroxylation is 2. The van der Waals surface area contributed by atoms with E-state index in [0.717, 1.165) is 22.4 Å². The summed E-state index contributed by atoms with van der Waals surface area (Å²) in [5, 5.41) is 19.0. The van der Waals surface area contributed by atoms with Gasteiger partial charge in [-0.1, -0.05) is 0 Å². The molecule has 4 heteroatoms. The second kappa shape index (κ2) is 5.25. The van der Waals surface area contributed by atoms with Gasteiger partial charge in [-0.2, -0.15) is 0 Å². The Morgan fingerprint density at radius 2 is 1.75 bits per heavy atom. The highest BCUT2D eigenvalue weighted by molar-refractivity contribution is 5.90. The summed E-state index contributed by atoms with van der Waals surface area (Å²) in [7, 11) is 1.61. The Morgan fingerprint density at radius 3 is 2.30 bits per heavy atom. The molecule has 0 heterocycles. The van der Waals surface area contributed by atoms with Gasteiger partial charge < -0.3 is 14.9 Å². The monoisotopic (exact) mass is 272 g/mol. The number of methoxy groups -OCH3 is 1. The summed E-state index contributed by atoms with van der Waals surface area (Å²) in [5.74, 6) is -0.319. The van der Waals surface area contributed by atoms with Gasteiger partial charge in [0, 0.05) is 5.56 Å². The molecule has 0 bridgehead atoms. The lowest BCUT2D eigenvalue weighted by atomic mass is 9.96. The van der Waals surface area contributed by atoms with E-state index in [0.29, 0.717) is 5.56 Å². The summed E-state index contributed by atoms with van der Waals surface area (Å²) >= 11 is 0. The van der Waals surface area contributed by atoms with Crippen LogP contribution in [0, 0.1) is 13.8 Å². The molecule has 0 aliphatic carbocycles. The number of phenolic OH excluding ortho intramolecular Hbond substituents is 1. The maximum atomic E-state index is 10.9. The molecule has 0 amide bonds. The molecule has 0 spiro atoms. The third-order valence-electron chi connectivity index (χ3n) is 3.28. The van der Waals surface area contributed by atoms with Gasteiger partial charge in [-0.15, -0.1) is 0 Å². The molecule has 0 aromatic heterocycles. The first-order valence-electron chi connectivity index (χ1n) is 6.16. The van der Waals surface area contributed by atoms with E-state index in [9.17, 15) is 9.90 Å². The minimum absolute atomic E-state index is 0.0439. The van der Waals surface area contributed by atoms with E-state index in [4.69, 9.17) is 9.84 Å². The molecule has 0 radical (unpaired) electrons. The fourth-order valence-electron chi connectivity index (χ4n) is 2.19. The first kappa shape index (κ1) is 13.9. The van der Waals surface area contributed by atoms with E-state index in [1.165, 1.54) is 12.1 Å². The van der Waals surface area contributed by atoms with Crippen molar-refractivity contribution in [2.75, 3.05) is 7.11 Å². The number of benzene rings is 2. The molecule has 0 aliphatic rings. The molecule has 20 heavy (non-hydrogen) atoms. The summed E-state index contributed by atoms with van der Waals surface area (Å²) in [4.78, 5) is 10.9. The number of rotatable bonds is 3. The summed E-state index contributed by atoms with van der Waals surface area (Å²) < 4.78 is 5.26. The van der Waals surface area contributed by atoms with Crippen LogP contribution in [0.3, 0.4) is 0 Å². The topological polar surface area (TPSA) is 66.8 Å². The van der Waals surface area contributed by atoms with Crippen molar-refractivity contribution in [2.45, 2.75) is 13.8 Å². The summed E-state index contributed by atoms with van der Waals surface area (Å²) in [6, 6.07) is 8.18. The lowest BCUT2D eigenvalue weighted by molar-refractivity contribution is 0.0696. The summed E-state index contributed by atoms with van der Waals surface area (Å²) in [6.07, 6.45) is 0. The number of carboxylic acid groups (broad SMARTS) is 1. The molecule has 4 nitrogen and oxygen atoms in total. The second-order valence-corrected chi connectivity index (χ2v) is 4.67. The fraction of sp³-hybridized carbons (Fsp3) is 0.188. The zero-order chi connectivity index (χ0) is 14.9. The number of aromatic carboxylic acids is 1. The van der Waals surface area contributed by atoms with Crippen LogP contribution in [-0.2, 0) is 0 Å². The highest BCUT2D eigenvalue weighted by atomic mass is 16.5. The highest BCUT2D eigenvalue weighted by Crippen LogP contribution is 2.35. The average Bonchev–Trinajstić information content (AvgIpc) is 2.41. The maximum absolute atomic E-state index is 10.9. The van der Waals surface area contributed by atoms with Crippen molar-refractivity contribution in [3.05, 3.63) is 47.0 Å². The van der Waals surface area contributed by atoms with E-state index in [1.54, 1.807) is 13.2 Å². The van der Waals surface area contributed by atoms with Gasteiger partial charge in [0.15, 0.2) is 0 Å². The zero-order valence-corrected chi connectivity index (χ0v) is 11.6. The van der Waals surface area contributed by atoms with Crippen molar-refractivity contribution in [2.24, 2.45) is 0 Å². The van der Waals surface area contributed by atoms with E-state index < -0.39 is 5.97 Å². The van der Waals surface area contributed by atoms with Gasteiger partial charge in [0.1, 0.15) is 11.5 Å². The van der Waals surface area contributed by atoms with Crippen LogP contribution in [0.5, 0.6) is 11.5 Å². The lowest BCUT2D eigenvalue weighted by Crippen LogP contribution is -1.96. The smallest absolute Gasteiger partial charge is 0.335 e. The third kappa shape index (κ3) is 2.45. The number of hydrogen-bond acceptors (Lipinski definition) is 3. The number of carbonyl (C=O) groups is 1. The quantitative estimate of drug-likeness (QED) is 0.898. The maximum Gasteiger partial charge on any atom is 0.335 e. The molecule has 0 aliphatic heterocycles. The molecule has 0 saturated carbocycles. The zero-order valence-electron chi connectivity index (χ0n) is 11.6. The Kier molecular flexibility index (Phi) is 3.66. The normalized spacial score (nSPS) is 10.3. The highest BCUT2D eigenvalue weighted by Gasteiger charge is 2.13. The van der Waals surface area contributed by atoms with E-state index in [-0.39, 0.29) is 11.3 Å². The van der Waals surface area contributed by atoms with Crippen LogP contribution in [0.25, 0.3) is 11.1 Å². The van der Waals surface area contributed by atoms with E-state index >= 15 is 0 Å². The summed E-state index contributed by atoms with van der Waals surface area (Å²) in [5.41, 5.74) is 3.44. The van der Waals surface area contributed by atoms with Crippen LogP contribution in [0.15, 0.2) is 30.3 Å². The van der Waals surface area contributed by atoms with Gasteiger partial charge in [-0.3, -0.25) is 0 Å². The van der Waals surface area contributed by atoms with Crippen molar-refractivity contribution in [3.63, 3.8) is 0 Å². The van der Waals surface area contributed by atoms with Crippen LogP contribution >= 0.6 is 0 Å². The Morgan fingerprint density at radius 1 is 1.05 bits per heavy atom. The van der Waals surface area contributed by atoms with Crippen LogP contribution in [-0.4, -0.2) is 23.3 Å². The second-order valence-electron chi connectivity index (χ2n) is 4.67. The third-order valence-corrected chi connectivity index (χ3v) is 3.28. The van der Waals surface area contributed by atoms with Crippen molar-refractivity contribution >= 4 is 5.97 Å². The van der Waals surface area contributed by atoms with Gasteiger partial charge >= 0.3 is 5.97 Å². The van der Waals surface area contributed by atoms with Crippen molar-refractivity contribution in [1.29, 1.82) is 0 Å². The van der Waals surface area contributed by atoms with Crippen LogP contribution in [0.4, 0.5) is 0 Å². The van der Waals surface area contributed by atoms with Crippen LogP contribution in [0.2, 0.25) is 0 Å². The largest absolute Gasteiger partial charge is 0.507 e. The fourth-order valence-corrected chi connectivity index (χ4v) is 2.19. The van der Waals surface area contributed by atoms with E-state index in [1.807, 2.05) is 26.0 Å². The molecule has 2 N–H and O–H groups in total. The minimum Gasteiger partial charge on any atom is -0.507 e. The first-order valence-corrected chi connectivity index (χ1v) is 6.16. The Labute approximate surface area is 117 Å². The molecular weight excluding hydrogens is 256 g/mol. The Balaban J connectivity index is 2.57. The molecule has 2 rings (SSSR count). The van der Waals surface area contributed by atoms with E-state index in [2.05, 4.69) is 0 Å². The lowest BCUT2D eigenvalue weighted by Gasteiger charge is -2.13. The standard InChI is InChI=1S/C16H16O4/c1-9-7-15(20-3)10(2)6-13(9)12-5-4-11(16(18)19)8-14(12)17/h4-8,17H,1-3H3,(H,18,19). The average molecular weight is 272 g/mol. The van der Waals surface area contributed by atoms with Crippen molar-refractivity contribution in [3.8, 4) is 22.6 Å². The van der Waals surface area contributed by atoms with Gasteiger partial charge in [0.2, 0.25) is 0 Å². The van der Waals surface area contributed by atoms with Crippen LogP contribution < -0.4 is 4.74 Å². The van der Waals surface area contributed by atoms with Crippen LogP contribution in [0.1, 0.15) is 21.5 Å². The number of aromatic hydroxyl groups is 1. The van der Waals surface area contributed by atoms with Crippen molar-refractivity contribution in [1.82, 2.24) is 0 Å². The first-order chi connectivity index (χ1) is 9.43. The van der Waals surface area contributed by atoms with Crippen molar-refractivity contribution < 1.29 is 19.7 Å². The van der Waals surface area contributed by atoms with Gasteiger partial charge in [0.05, 0.1) is 12.7 Å².